The molecule has 1 N–H and O–H groups in total. The molecule has 2 aromatic rings. The second kappa shape index (κ2) is 6.98. The second-order valence-electron chi connectivity index (χ2n) is 4.04. The summed E-state index contributed by atoms with van der Waals surface area (Å²) in [6, 6.07) is 17.0. The Morgan fingerprint density at radius 2 is 1.72 bits per heavy atom. The summed E-state index contributed by atoms with van der Waals surface area (Å²) in [7, 11) is 0. The van der Waals surface area contributed by atoms with Gasteiger partial charge >= 0.3 is 0 Å². The van der Waals surface area contributed by atoms with Gasteiger partial charge in [-0.15, -0.1) is 11.8 Å². The number of benzene rings is 2. The van der Waals surface area contributed by atoms with E-state index in [1.807, 2.05) is 6.07 Å². The van der Waals surface area contributed by atoms with Crippen LogP contribution in [-0.4, -0.2) is 6.26 Å². The monoisotopic (exact) mass is 321 g/mol. The van der Waals surface area contributed by atoms with Crippen molar-refractivity contribution in [2.45, 2.75) is 18.0 Å². The third-order valence-electron chi connectivity index (χ3n) is 2.76. The predicted molar refractivity (Wildman–Crippen MR) is 82.9 cm³/mol. The lowest BCUT2D eigenvalue weighted by Crippen LogP contribution is -2.12. The first kappa shape index (κ1) is 13.7. The van der Waals surface area contributed by atoms with Crippen molar-refractivity contribution in [3.63, 3.8) is 0 Å². The molecule has 0 fully saturated rings. The molecule has 94 valence electrons. The molecule has 0 saturated carbocycles. The van der Waals surface area contributed by atoms with Gasteiger partial charge in [0.25, 0.3) is 0 Å². The summed E-state index contributed by atoms with van der Waals surface area (Å²) in [4.78, 5) is 1.31. The number of hydrogen-bond donors (Lipinski definition) is 1. The molecule has 0 aliphatic rings. The van der Waals surface area contributed by atoms with E-state index < -0.39 is 0 Å². The molecule has 0 aromatic heterocycles. The average molecular weight is 322 g/mol. The van der Waals surface area contributed by atoms with E-state index in [1.54, 1.807) is 11.8 Å². The van der Waals surface area contributed by atoms with Crippen LogP contribution in [0.15, 0.2) is 57.9 Å². The largest absolute Gasteiger partial charge is 0.309 e. The predicted octanol–water partition coefficient (Wildman–Crippen LogP) is 4.46. The quantitative estimate of drug-likeness (QED) is 0.816. The van der Waals surface area contributed by atoms with Crippen LogP contribution in [0.2, 0.25) is 0 Å². The molecule has 0 amide bonds. The number of thioether (sulfide) groups is 1. The molecular weight excluding hydrogens is 306 g/mol. The van der Waals surface area contributed by atoms with E-state index >= 15 is 0 Å². The summed E-state index contributed by atoms with van der Waals surface area (Å²) < 4.78 is 1.16. The minimum Gasteiger partial charge on any atom is -0.309 e. The maximum absolute atomic E-state index is 3.56. The third-order valence-corrected chi connectivity index (χ3v) is 4.28. The van der Waals surface area contributed by atoms with Gasteiger partial charge in [0, 0.05) is 22.5 Å². The molecule has 0 heterocycles. The van der Waals surface area contributed by atoms with Crippen LogP contribution in [0.4, 0.5) is 0 Å². The van der Waals surface area contributed by atoms with Crippen LogP contribution in [0.1, 0.15) is 11.1 Å². The van der Waals surface area contributed by atoms with E-state index in [4.69, 9.17) is 0 Å². The van der Waals surface area contributed by atoms with E-state index in [0.717, 1.165) is 17.6 Å². The Morgan fingerprint density at radius 1 is 1.00 bits per heavy atom. The molecular formula is C15H16BrNS. The zero-order valence-corrected chi connectivity index (χ0v) is 12.7. The number of nitrogens with one attached hydrogen (secondary N) is 1. The molecule has 1 nitrogen and oxygen atoms in total. The number of halogens is 1. The van der Waals surface area contributed by atoms with E-state index in [2.05, 4.69) is 70.0 Å². The Labute approximate surface area is 121 Å². The highest BCUT2D eigenvalue weighted by atomic mass is 79.9. The molecule has 0 spiro atoms. The molecule has 0 aliphatic carbocycles. The number of hydrogen-bond acceptors (Lipinski definition) is 2. The van der Waals surface area contributed by atoms with Crippen LogP contribution >= 0.6 is 27.7 Å². The molecule has 2 aromatic carbocycles. The Kier molecular flexibility index (Phi) is 5.29. The maximum atomic E-state index is 3.56. The fourth-order valence-corrected chi connectivity index (χ4v) is 2.56. The van der Waals surface area contributed by atoms with Crippen molar-refractivity contribution in [3.05, 3.63) is 64.1 Å². The number of rotatable bonds is 5. The molecule has 18 heavy (non-hydrogen) atoms. The molecule has 0 aliphatic heterocycles. The smallest absolute Gasteiger partial charge is 0.0220 e. The summed E-state index contributed by atoms with van der Waals surface area (Å²) in [5, 5.41) is 3.46. The van der Waals surface area contributed by atoms with E-state index in [9.17, 15) is 0 Å². The minimum atomic E-state index is 0.881. The molecule has 0 atom stereocenters. The van der Waals surface area contributed by atoms with Gasteiger partial charge in [-0.2, -0.15) is 0 Å². The molecule has 0 saturated heterocycles. The normalized spacial score (nSPS) is 10.6. The van der Waals surface area contributed by atoms with Gasteiger partial charge in [-0.05, 0) is 35.6 Å². The summed E-state index contributed by atoms with van der Waals surface area (Å²) >= 11 is 5.33. The topological polar surface area (TPSA) is 12.0 Å². The molecule has 2 rings (SSSR count). The first-order valence-electron chi connectivity index (χ1n) is 5.86. The van der Waals surface area contributed by atoms with Crippen molar-refractivity contribution >= 4 is 27.7 Å². The lowest BCUT2D eigenvalue weighted by Gasteiger charge is -2.07. The standard InChI is InChI=1S/C15H16BrNS/c1-18-14-8-6-12(7-9-14)10-17-11-13-4-2-3-5-15(13)16/h2-9,17H,10-11H2,1H3. The molecule has 0 unspecified atom stereocenters. The highest BCUT2D eigenvalue weighted by molar-refractivity contribution is 9.10. The van der Waals surface area contributed by atoms with Gasteiger partial charge in [-0.25, -0.2) is 0 Å². The van der Waals surface area contributed by atoms with Crippen molar-refractivity contribution < 1.29 is 0 Å². The lowest BCUT2D eigenvalue weighted by molar-refractivity contribution is 0.691. The van der Waals surface area contributed by atoms with Crippen molar-refractivity contribution in [1.82, 2.24) is 5.32 Å². The first-order valence-corrected chi connectivity index (χ1v) is 7.88. The van der Waals surface area contributed by atoms with Crippen LogP contribution in [0.25, 0.3) is 0 Å². The van der Waals surface area contributed by atoms with Crippen LogP contribution in [0, 0.1) is 0 Å². The molecule has 0 bridgehead atoms. The van der Waals surface area contributed by atoms with Gasteiger partial charge in [-0.1, -0.05) is 46.3 Å². The minimum absolute atomic E-state index is 0.881. The summed E-state index contributed by atoms with van der Waals surface area (Å²) in [6.45, 7) is 1.78. The second-order valence-corrected chi connectivity index (χ2v) is 5.78. The van der Waals surface area contributed by atoms with Gasteiger partial charge < -0.3 is 5.32 Å². The van der Waals surface area contributed by atoms with E-state index in [1.165, 1.54) is 16.0 Å². The maximum Gasteiger partial charge on any atom is 0.0220 e. The van der Waals surface area contributed by atoms with Crippen molar-refractivity contribution in [2.24, 2.45) is 0 Å². The van der Waals surface area contributed by atoms with Gasteiger partial charge in [0.15, 0.2) is 0 Å². The van der Waals surface area contributed by atoms with Crippen molar-refractivity contribution in [1.29, 1.82) is 0 Å². The fraction of sp³-hybridized carbons (Fsp3) is 0.200. The zero-order valence-electron chi connectivity index (χ0n) is 10.3. The Morgan fingerprint density at radius 3 is 2.39 bits per heavy atom. The van der Waals surface area contributed by atoms with Crippen molar-refractivity contribution in [3.8, 4) is 0 Å². The Balaban J connectivity index is 1.86. The van der Waals surface area contributed by atoms with Gasteiger partial charge in [-0.3, -0.25) is 0 Å². The van der Waals surface area contributed by atoms with Crippen LogP contribution in [0.3, 0.4) is 0 Å². The third kappa shape index (κ3) is 3.87. The van der Waals surface area contributed by atoms with Crippen molar-refractivity contribution in [2.75, 3.05) is 6.26 Å². The Hall–Kier alpha value is -0.770. The summed E-state index contributed by atoms with van der Waals surface area (Å²) in [6.07, 6.45) is 2.10. The van der Waals surface area contributed by atoms with E-state index in [0.29, 0.717) is 0 Å². The average Bonchev–Trinajstić information content (AvgIpc) is 2.42. The first-order chi connectivity index (χ1) is 8.79. The zero-order chi connectivity index (χ0) is 12.8. The fourth-order valence-electron chi connectivity index (χ4n) is 1.73. The summed E-state index contributed by atoms with van der Waals surface area (Å²) in [5.41, 5.74) is 2.61. The van der Waals surface area contributed by atoms with Gasteiger partial charge in [0.2, 0.25) is 0 Å². The Bertz CT molecular complexity index is 496. The SMILES string of the molecule is CSc1ccc(CNCc2ccccc2Br)cc1. The molecule has 3 heteroatoms. The van der Waals surface area contributed by atoms with Crippen LogP contribution in [0.5, 0.6) is 0 Å². The lowest BCUT2D eigenvalue weighted by atomic mass is 10.2. The van der Waals surface area contributed by atoms with E-state index in [-0.39, 0.29) is 0 Å². The van der Waals surface area contributed by atoms with Crippen LogP contribution < -0.4 is 5.32 Å². The van der Waals surface area contributed by atoms with Gasteiger partial charge in [0.05, 0.1) is 0 Å². The van der Waals surface area contributed by atoms with Crippen LogP contribution in [-0.2, 0) is 13.1 Å². The highest BCUT2D eigenvalue weighted by Gasteiger charge is 1.98. The van der Waals surface area contributed by atoms with Gasteiger partial charge in [0.1, 0.15) is 0 Å². The highest BCUT2D eigenvalue weighted by Crippen LogP contribution is 2.16. The molecule has 0 radical (unpaired) electrons. The summed E-state index contributed by atoms with van der Waals surface area (Å²) in [5.74, 6) is 0.